The minimum atomic E-state index is -4.54. The number of hydrogen-bond acceptors (Lipinski definition) is 2. The zero-order chi connectivity index (χ0) is 14.5. The quantitative estimate of drug-likeness (QED) is 0.610. The van der Waals surface area contributed by atoms with Gasteiger partial charge in [0.1, 0.15) is 5.75 Å². The molecule has 1 aromatic rings. The van der Waals surface area contributed by atoms with Crippen LogP contribution in [0.1, 0.15) is 12.5 Å². The molecule has 0 spiro atoms. The highest BCUT2D eigenvalue weighted by molar-refractivity contribution is 5.56. The van der Waals surface area contributed by atoms with E-state index in [0.29, 0.717) is 11.3 Å². The maximum Gasteiger partial charge on any atom is 0.417 e. The lowest BCUT2D eigenvalue weighted by Crippen LogP contribution is -2.11. The van der Waals surface area contributed by atoms with Gasteiger partial charge in [0.2, 0.25) is 0 Å². The highest BCUT2D eigenvalue weighted by atomic mass is 19.4. The van der Waals surface area contributed by atoms with Crippen molar-refractivity contribution in [3.05, 3.63) is 47.1 Å². The van der Waals surface area contributed by atoms with Crippen molar-refractivity contribution in [2.45, 2.75) is 13.1 Å². The molecule has 0 aliphatic heterocycles. The van der Waals surface area contributed by atoms with Crippen molar-refractivity contribution in [1.82, 2.24) is 0 Å². The highest BCUT2D eigenvalue weighted by Gasteiger charge is 2.33. The molecule has 0 heterocycles. The Bertz CT molecular complexity index is 533. The second-order valence-corrected chi connectivity index (χ2v) is 3.75. The molecule has 0 unspecified atom stereocenters. The van der Waals surface area contributed by atoms with Crippen LogP contribution in [-0.4, -0.2) is 13.3 Å². The molecule has 5 heteroatoms. The van der Waals surface area contributed by atoms with E-state index in [-0.39, 0.29) is 5.57 Å². The molecule has 0 saturated heterocycles. The molecule has 1 aromatic carbocycles. The Balaban J connectivity index is 3.04. The third-order valence-corrected chi connectivity index (χ3v) is 2.44. The van der Waals surface area contributed by atoms with Crippen LogP contribution in [0.15, 0.2) is 41.5 Å². The predicted molar refractivity (Wildman–Crippen MR) is 66.4 cm³/mol. The van der Waals surface area contributed by atoms with Crippen molar-refractivity contribution < 1.29 is 17.9 Å². The van der Waals surface area contributed by atoms with Gasteiger partial charge in [-0.25, -0.2) is 0 Å². The Kier molecular flexibility index (Phi) is 4.76. The molecule has 0 aliphatic rings. The standard InChI is InChI=1S/C14H12F3NO/c1-10(9-18)13(14(15,16)17)8-5-11-3-6-12(19-2)7-4-11/h3-8H,1-2H3/b8-5+,13-10-. The fourth-order valence-corrected chi connectivity index (χ4v) is 1.39. The fraction of sp³-hybridized carbons (Fsp3) is 0.214. The topological polar surface area (TPSA) is 33.0 Å². The number of ether oxygens (including phenoxy) is 1. The Morgan fingerprint density at radius 2 is 1.84 bits per heavy atom. The molecule has 0 atom stereocenters. The largest absolute Gasteiger partial charge is 0.497 e. The van der Waals surface area contributed by atoms with E-state index >= 15 is 0 Å². The number of benzene rings is 1. The molecule has 2 nitrogen and oxygen atoms in total. The summed E-state index contributed by atoms with van der Waals surface area (Å²) < 4.78 is 43.0. The second kappa shape index (κ2) is 6.10. The first kappa shape index (κ1) is 14.8. The number of nitrogens with zero attached hydrogens (tertiary/aromatic N) is 1. The van der Waals surface area contributed by atoms with Crippen molar-refractivity contribution in [1.29, 1.82) is 5.26 Å². The lowest BCUT2D eigenvalue weighted by molar-refractivity contribution is -0.0886. The molecule has 19 heavy (non-hydrogen) atoms. The van der Waals surface area contributed by atoms with Gasteiger partial charge >= 0.3 is 6.18 Å². The number of methoxy groups -OCH3 is 1. The van der Waals surface area contributed by atoms with E-state index in [2.05, 4.69) is 0 Å². The van der Waals surface area contributed by atoms with Crippen LogP contribution in [0.3, 0.4) is 0 Å². The average molecular weight is 267 g/mol. The number of hydrogen-bond donors (Lipinski definition) is 0. The first-order valence-corrected chi connectivity index (χ1v) is 5.38. The highest BCUT2D eigenvalue weighted by Crippen LogP contribution is 2.29. The molecule has 0 radical (unpaired) electrons. The molecule has 0 amide bonds. The molecular weight excluding hydrogens is 255 g/mol. The average Bonchev–Trinajstić information content (AvgIpc) is 2.37. The zero-order valence-electron chi connectivity index (χ0n) is 10.5. The molecule has 0 bridgehead atoms. The van der Waals surface area contributed by atoms with E-state index < -0.39 is 11.7 Å². The number of halogens is 3. The van der Waals surface area contributed by atoms with E-state index in [4.69, 9.17) is 10.00 Å². The molecule has 100 valence electrons. The van der Waals surface area contributed by atoms with E-state index in [9.17, 15) is 13.2 Å². The van der Waals surface area contributed by atoms with Gasteiger partial charge in [0.25, 0.3) is 0 Å². The van der Waals surface area contributed by atoms with Crippen LogP contribution in [0.25, 0.3) is 6.08 Å². The van der Waals surface area contributed by atoms with Gasteiger partial charge in [0, 0.05) is 5.57 Å². The van der Waals surface area contributed by atoms with Crippen LogP contribution in [-0.2, 0) is 0 Å². The van der Waals surface area contributed by atoms with Gasteiger partial charge in [-0.05, 0) is 30.7 Å². The summed E-state index contributed by atoms with van der Waals surface area (Å²) in [5, 5.41) is 8.58. The summed E-state index contributed by atoms with van der Waals surface area (Å²) in [7, 11) is 1.51. The van der Waals surface area contributed by atoms with Crippen molar-refractivity contribution in [2.24, 2.45) is 0 Å². The van der Waals surface area contributed by atoms with Gasteiger partial charge in [0.15, 0.2) is 0 Å². The van der Waals surface area contributed by atoms with Crippen LogP contribution in [0.5, 0.6) is 5.75 Å². The van der Waals surface area contributed by atoms with E-state index in [1.165, 1.54) is 19.3 Å². The summed E-state index contributed by atoms with van der Waals surface area (Å²) in [4.78, 5) is 0. The molecular formula is C14H12F3NO. The molecule has 0 aliphatic carbocycles. The Morgan fingerprint density at radius 3 is 2.26 bits per heavy atom. The van der Waals surface area contributed by atoms with Gasteiger partial charge in [-0.2, -0.15) is 18.4 Å². The van der Waals surface area contributed by atoms with E-state index in [0.717, 1.165) is 13.0 Å². The molecule has 0 saturated carbocycles. The number of allylic oxidation sites excluding steroid dienone is 3. The van der Waals surface area contributed by atoms with E-state index in [1.807, 2.05) is 0 Å². The molecule has 0 fully saturated rings. The summed E-state index contributed by atoms with van der Waals surface area (Å²) in [6.07, 6.45) is -2.33. The van der Waals surface area contributed by atoms with Crippen molar-refractivity contribution in [3.63, 3.8) is 0 Å². The third-order valence-electron chi connectivity index (χ3n) is 2.44. The number of nitriles is 1. The summed E-state index contributed by atoms with van der Waals surface area (Å²) >= 11 is 0. The Hall–Kier alpha value is -2.22. The van der Waals surface area contributed by atoms with Crippen molar-refractivity contribution in [2.75, 3.05) is 7.11 Å². The van der Waals surface area contributed by atoms with Crippen LogP contribution >= 0.6 is 0 Å². The van der Waals surface area contributed by atoms with E-state index in [1.54, 1.807) is 24.3 Å². The van der Waals surface area contributed by atoms with Crippen molar-refractivity contribution >= 4 is 6.08 Å². The monoisotopic (exact) mass is 267 g/mol. The predicted octanol–water partition coefficient (Wildman–Crippen LogP) is 4.11. The smallest absolute Gasteiger partial charge is 0.417 e. The van der Waals surface area contributed by atoms with Crippen LogP contribution < -0.4 is 4.74 Å². The zero-order valence-corrected chi connectivity index (χ0v) is 10.5. The molecule has 0 aromatic heterocycles. The molecule has 1 rings (SSSR count). The first-order valence-electron chi connectivity index (χ1n) is 5.38. The number of rotatable bonds is 3. The molecule has 0 N–H and O–H groups in total. The first-order chi connectivity index (χ1) is 8.88. The normalized spacial score (nSPS) is 13.1. The van der Waals surface area contributed by atoms with Gasteiger partial charge < -0.3 is 4.74 Å². The van der Waals surface area contributed by atoms with Crippen molar-refractivity contribution in [3.8, 4) is 11.8 Å². The lowest BCUT2D eigenvalue weighted by Gasteiger charge is -2.08. The maximum atomic E-state index is 12.7. The minimum absolute atomic E-state index is 0.364. The minimum Gasteiger partial charge on any atom is -0.497 e. The maximum absolute atomic E-state index is 12.7. The van der Waals surface area contributed by atoms with Crippen LogP contribution in [0.2, 0.25) is 0 Å². The van der Waals surface area contributed by atoms with Gasteiger partial charge in [-0.3, -0.25) is 0 Å². The SMILES string of the molecule is COc1ccc(/C=C/C(=C(\C)C#N)C(F)(F)F)cc1. The fourth-order valence-electron chi connectivity index (χ4n) is 1.39. The van der Waals surface area contributed by atoms with Gasteiger partial charge in [-0.1, -0.05) is 18.2 Å². The Labute approximate surface area is 109 Å². The van der Waals surface area contributed by atoms with Crippen LogP contribution in [0, 0.1) is 11.3 Å². The lowest BCUT2D eigenvalue weighted by atomic mass is 10.1. The Morgan fingerprint density at radius 1 is 1.26 bits per heavy atom. The summed E-state index contributed by atoms with van der Waals surface area (Å²) in [5.74, 6) is 0.622. The van der Waals surface area contributed by atoms with Crippen LogP contribution in [0.4, 0.5) is 13.2 Å². The third kappa shape index (κ3) is 4.18. The summed E-state index contributed by atoms with van der Waals surface area (Å²) in [5.41, 5.74) is -0.712. The van der Waals surface area contributed by atoms with Gasteiger partial charge in [0.05, 0.1) is 18.8 Å². The van der Waals surface area contributed by atoms with Gasteiger partial charge in [-0.15, -0.1) is 0 Å². The summed E-state index contributed by atoms with van der Waals surface area (Å²) in [6.45, 7) is 1.14. The summed E-state index contributed by atoms with van der Waals surface area (Å²) in [6, 6.07) is 8.07. The number of alkyl halides is 3. The second-order valence-electron chi connectivity index (χ2n) is 3.75.